The van der Waals surface area contributed by atoms with Gasteiger partial charge in [-0.3, -0.25) is 5.32 Å². The molecule has 1 saturated carbocycles. The molecule has 98 valence electrons. The molecular weight excluding hydrogens is 233 g/mol. The Bertz CT molecular complexity index is 445. The zero-order valence-electron chi connectivity index (χ0n) is 10.7. The molecule has 1 fully saturated rings. The lowest BCUT2D eigenvalue weighted by Crippen LogP contribution is -2.49. The van der Waals surface area contributed by atoms with Crippen LogP contribution in [0.4, 0.5) is 4.39 Å². The van der Waals surface area contributed by atoms with Crippen LogP contribution in [0.1, 0.15) is 32.3 Å². The van der Waals surface area contributed by atoms with E-state index in [2.05, 4.69) is 5.32 Å². The second kappa shape index (κ2) is 5.06. The Balaban J connectivity index is 2.34. The first kappa shape index (κ1) is 13.0. The van der Waals surface area contributed by atoms with Crippen LogP contribution >= 0.6 is 0 Å². The van der Waals surface area contributed by atoms with Crippen molar-refractivity contribution in [3.63, 3.8) is 0 Å². The topological polar surface area (TPSA) is 38.3 Å². The van der Waals surface area contributed by atoms with E-state index >= 15 is 0 Å². The monoisotopic (exact) mass is 251 g/mol. The van der Waals surface area contributed by atoms with E-state index in [9.17, 15) is 9.18 Å². The summed E-state index contributed by atoms with van der Waals surface area (Å²) in [6.07, 6.45) is 2.03. The fourth-order valence-electron chi connectivity index (χ4n) is 2.02. The Morgan fingerprint density at radius 2 is 2.17 bits per heavy atom. The Hall–Kier alpha value is -1.42. The largest absolute Gasteiger partial charge is 0.464 e. The zero-order valence-corrected chi connectivity index (χ0v) is 10.7. The van der Waals surface area contributed by atoms with Crippen molar-refractivity contribution in [3.8, 4) is 0 Å². The van der Waals surface area contributed by atoms with Gasteiger partial charge < -0.3 is 4.74 Å². The molecule has 0 aliphatic heterocycles. The number of carbonyl (C=O) groups excluding carboxylic acids is 1. The van der Waals surface area contributed by atoms with E-state index in [0.717, 1.165) is 12.8 Å². The molecule has 3 nitrogen and oxygen atoms in total. The van der Waals surface area contributed by atoms with E-state index in [-0.39, 0.29) is 18.5 Å². The van der Waals surface area contributed by atoms with Crippen molar-refractivity contribution in [1.82, 2.24) is 5.32 Å². The van der Waals surface area contributed by atoms with Crippen LogP contribution < -0.4 is 5.32 Å². The first-order valence-corrected chi connectivity index (χ1v) is 6.28. The molecule has 2 rings (SSSR count). The summed E-state index contributed by atoms with van der Waals surface area (Å²) in [5.41, 5.74) is -0.766. The number of halogens is 1. The summed E-state index contributed by atoms with van der Waals surface area (Å²) in [5.74, 6) is -0.816. The minimum absolute atomic E-state index is 0.277. The van der Waals surface area contributed by atoms with Crippen LogP contribution in [0.5, 0.6) is 0 Å². The number of hydrogen-bond donors (Lipinski definition) is 1. The molecular formula is C14H18FNO2. The van der Waals surface area contributed by atoms with Crippen LogP contribution in [0.15, 0.2) is 24.3 Å². The number of hydrogen-bond acceptors (Lipinski definition) is 3. The third-order valence-corrected chi connectivity index (χ3v) is 3.17. The van der Waals surface area contributed by atoms with Crippen molar-refractivity contribution >= 4 is 5.97 Å². The first-order valence-electron chi connectivity index (χ1n) is 6.28. The Kier molecular flexibility index (Phi) is 3.66. The summed E-state index contributed by atoms with van der Waals surface area (Å²) in [4.78, 5) is 12.1. The molecule has 4 heteroatoms. The Morgan fingerprint density at radius 1 is 1.50 bits per heavy atom. The highest BCUT2D eigenvalue weighted by atomic mass is 19.1. The molecule has 0 bridgehead atoms. The van der Waals surface area contributed by atoms with E-state index in [0.29, 0.717) is 5.56 Å². The summed E-state index contributed by atoms with van der Waals surface area (Å²) in [6.45, 7) is 3.72. The first-order chi connectivity index (χ1) is 8.58. The smallest absolute Gasteiger partial charge is 0.330 e. The molecule has 0 aromatic heterocycles. The van der Waals surface area contributed by atoms with Gasteiger partial charge in [-0.1, -0.05) is 18.2 Å². The molecule has 1 aliphatic rings. The molecule has 0 heterocycles. The Labute approximate surface area is 106 Å². The number of rotatable bonds is 5. The molecule has 1 atom stereocenters. The van der Waals surface area contributed by atoms with Crippen molar-refractivity contribution in [1.29, 1.82) is 0 Å². The van der Waals surface area contributed by atoms with Gasteiger partial charge in [0.05, 0.1) is 6.61 Å². The predicted molar refractivity (Wildman–Crippen MR) is 66.5 cm³/mol. The van der Waals surface area contributed by atoms with E-state index in [1.54, 1.807) is 32.0 Å². The maximum atomic E-state index is 13.9. The van der Waals surface area contributed by atoms with Gasteiger partial charge in [0.2, 0.25) is 0 Å². The van der Waals surface area contributed by atoms with Gasteiger partial charge >= 0.3 is 5.97 Å². The van der Waals surface area contributed by atoms with Gasteiger partial charge in [0, 0.05) is 11.6 Å². The average Bonchev–Trinajstić information content (AvgIpc) is 3.13. The quantitative estimate of drug-likeness (QED) is 0.816. The van der Waals surface area contributed by atoms with Gasteiger partial charge in [-0.15, -0.1) is 0 Å². The van der Waals surface area contributed by atoms with Gasteiger partial charge in [-0.25, -0.2) is 9.18 Å². The van der Waals surface area contributed by atoms with Crippen molar-refractivity contribution in [2.75, 3.05) is 6.61 Å². The second-order valence-electron chi connectivity index (χ2n) is 4.74. The molecule has 0 amide bonds. The minimum Gasteiger partial charge on any atom is -0.464 e. The molecule has 1 unspecified atom stereocenters. The summed E-state index contributed by atoms with van der Waals surface area (Å²) in [6, 6.07) is 6.61. The van der Waals surface area contributed by atoms with Crippen LogP contribution in [0, 0.1) is 5.82 Å². The standard InChI is InChI=1S/C14H18FNO2/c1-3-18-13(17)14(2,16-10-8-9-10)11-6-4-5-7-12(11)15/h4-7,10,16H,3,8-9H2,1-2H3. The van der Waals surface area contributed by atoms with Gasteiger partial charge in [-0.05, 0) is 32.8 Å². The number of benzene rings is 1. The number of ether oxygens (including phenoxy) is 1. The molecule has 1 N–H and O–H groups in total. The molecule has 1 aliphatic carbocycles. The van der Waals surface area contributed by atoms with Gasteiger partial charge in [-0.2, -0.15) is 0 Å². The lowest BCUT2D eigenvalue weighted by Gasteiger charge is -2.29. The van der Waals surface area contributed by atoms with E-state index < -0.39 is 11.5 Å². The van der Waals surface area contributed by atoms with Crippen LogP contribution in [-0.4, -0.2) is 18.6 Å². The van der Waals surface area contributed by atoms with Crippen LogP contribution in [-0.2, 0) is 15.1 Å². The van der Waals surface area contributed by atoms with Crippen molar-refractivity contribution in [2.45, 2.75) is 38.3 Å². The highest BCUT2D eigenvalue weighted by Crippen LogP contribution is 2.31. The van der Waals surface area contributed by atoms with Gasteiger partial charge in [0.15, 0.2) is 0 Å². The second-order valence-corrected chi connectivity index (χ2v) is 4.74. The zero-order chi connectivity index (χ0) is 13.2. The summed E-state index contributed by atoms with van der Waals surface area (Å²) >= 11 is 0. The third-order valence-electron chi connectivity index (χ3n) is 3.17. The van der Waals surface area contributed by atoms with Crippen molar-refractivity contribution in [3.05, 3.63) is 35.6 Å². The van der Waals surface area contributed by atoms with E-state index in [1.165, 1.54) is 6.07 Å². The maximum Gasteiger partial charge on any atom is 0.330 e. The van der Waals surface area contributed by atoms with E-state index in [4.69, 9.17) is 4.74 Å². The highest BCUT2D eigenvalue weighted by Gasteiger charge is 2.42. The fraction of sp³-hybridized carbons (Fsp3) is 0.500. The molecule has 0 radical (unpaired) electrons. The van der Waals surface area contributed by atoms with Crippen molar-refractivity contribution < 1.29 is 13.9 Å². The average molecular weight is 251 g/mol. The van der Waals surface area contributed by atoms with Gasteiger partial charge in [0.1, 0.15) is 11.4 Å². The number of carbonyl (C=O) groups is 1. The lowest BCUT2D eigenvalue weighted by molar-refractivity contribution is -0.151. The Morgan fingerprint density at radius 3 is 2.72 bits per heavy atom. The molecule has 1 aromatic rings. The normalized spacial score (nSPS) is 18.2. The predicted octanol–water partition coefficient (Wildman–Crippen LogP) is 2.36. The fourth-order valence-corrected chi connectivity index (χ4v) is 2.02. The molecule has 0 spiro atoms. The maximum absolute atomic E-state index is 13.9. The molecule has 0 saturated heterocycles. The summed E-state index contributed by atoms with van der Waals surface area (Å²) in [7, 11) is 0. The summed E-state index contributed by atoms with van der Waals surface area (Å²) in [5, 5.41) is 3.19. The highest BCUT2D eigenvalue weighted by molar-refractivity contribution is 5.82. The molecule has 18 heavy (non-hydrogen) atoms. The van der Waals surface area contributed by atoms with E-state index in [1.807, 2.05) is 0 Å². The van der Waals surface area contributed by atoms with Crippen LogP contribution in [0.2, 0.25) is 0 Å². The lowest BCUT2D eigenvalue weighted by atomic mass is 9.91. The third kappa shape index (κ3) is 2.53. The van der Waals surface area contributed by atoms with Gasteiger partial charge in [0.25, 0.3) is 0 Å². The number of esters is 1. The van der Waals surface area contributed by atoms with Crippen LogP contribution in [0.25, 0.3) is 0 Å². The number of nitrogens with one attached hydrogen (secondary N) is 1. The SMILES string of the molecule is CCOC(=O)C(C)(NC1CC1)c1ccccc1F. The van der Waals surface area contributed by atoms with Crippen molar-refractivity contribution in [2.24, 2.45) is 0 Å². The van der Waals surface area contributed by atoms with Crippen LogP contribution in [0.3, 0.4) is 0 Å². The minimum atomic E-state index is -1.11. The summed E-state index contributed by atoms with van der Waals surface area (Å²) < 4.78 is 19.0. The molecule has 1 aromatic carbocycles.